The van der Waals surface area contributed by atoms with E-state index in [0.29, 0.717) is 11.3 Å². The molecule has 5 heteroatoms. The van der Waals surface area contributed by atoms with Crippen LogP contribution >= 0.6 is 15.9 Å². The van der Waals surface area contributed by atoms with Gasteiger partial charge in [-0.25, -0.2) is 0 Å². The third kappa shape index (κ3) is 3.99. The number of hydrogen-bond donors (Lipinski definition) is 1. The predicted octanol–water partition coefficient (Wildman–Crippen LogP) is 2.19. The summed E-state index contributed by atoms with van der Waals surface area (Å²) in [5, 5.41) is 9.21. The Labute approximate surface area is 116 Å². The Morgan fingerprint density at radius 1 is 1.50 bits per heavy atom. The highest BCUT2D eigenvalue weighted by Crippen LogP contribution is 2.23. The summed E-state index contributed by atoms with van der Waals surface area (Å²) >= 11 is 3.32. The molecule has 0 fully saturated rings. The highest BCUT2D eigenvalue weighted by atomic mass is 79.9. The lowest BCUT2D eigenvalue weighted by Crippen LogP contribution is -2.36. The normalized spacial score (nSPS) is 10.6. The average Bonchev–Trinajstić information content (AvgIpc) is 2.35. The van der Waals surface area contributed by atoms with Crippen molar-refractivity contribution in [2.24, 2.45) is 0 Å². The number of benzene rings is 1. The molecule has 0 aliphatic heterocycles. The van der Waals surface area contributed by atoms with E-state index in [1.807, 2.05) is 19.9 Å². The predicted molar refractivity (Wildman–Crippen MR) is 73.5 cm³/mol. The number of ether oxygens (including phenoxy) is 1. The highest BCUT2D eigenvalue weighted by Gasteiger charge is 2.13. The van der Waals surface area contributed by atoms with Crippen LogP contribution in [0.3, 0.4) is 0 Å². The fraction of sp³-hybridized carbons (Fsp3) is 0.462. The Morgan fingerprint density at radius 2 is 2.17 bits per heavy atom. The second-order valence-electron chi connectivity index (χ2n) is 4.30. The summed E-state index contributed by atoms with van der Waals surface area (Å²) in [6, 6.07) is 5.46. The van der Waals surface area contributed by atoms with Gasteiger partial charge in [-0.3, -0.25) is 4.79 Å². The van der Waals surface area contributed by atoms with Crippen LogP contribution in [0.2, 0.25) is 0 Å². The monoisotopic (exact) mass is 315 g/mol. The lowest BCUT2D eigenvalue weighted by molar-refractivity contribution is -0.133. The van der Waals surface area contributed by atoms with Crippen molar-refractivity contribution in [1.82, 2.24) is 4.90 Å². The molecule has 0 radical (unpaired) electrons. The zero-order valence-corrected chi connectivity index (χ0v) is 12.4. The molecule has 1 amide bonds. The molecule has 1 aromatic carbocycles. The van der Waals surface area contributed by atoms with Gasteiger partial charge in [0.05, 0.1) is 6.61 Å². The maximum atomic E-state index is 11.8. The number of likely N-dealkylation sites (N-methyl/N-ethyl adjacent to an activating group) is 1. The molecule has 0 atom stereocenters. The van der Waals surface area contributed by atoms with Crippen molar-refractivity contribution in [3.05, 3.63) is 28.2 Å². The topological polar surface area (TPSA) is 49.8 Å². The zero-order valence-electron chi connectivity index (χ0n) is 10.8. The third-order valence-corrected chi connectivity index (χ3v) is 3.21. The molecule has 18 heavy (non-hydrogen) atoms. The standard InChI is InChI=1S/C13H18BrNO3/c1-9(2)15(3)13(17)8-18-12-5-4-11(14)6-10(12)7-16/h4-6,9,16H,7-8H2,1-3H3. The number of carbonyl (C=O) groups excluding carboxylic acids is 1. The summed E-state index contributed by atoms with van der Waals surface area (Å²) in [6.45, 7) is 3.74. The van der Waals surface area contributed by atoms with E-state index in [1.54, 1.807) is 24.1 Å². The van der Waals surface area contributed by atoms with Gasteiger partial charge in [-0.1, -0.05) is 15.9 Å². The quantitative estimate of drug-likeness (QED) is 0.906. The lowest BCUT2D eigenvalue weighted by atomic mass is 10.2. The van der Waals surface area contributed by atoms with Crippen LogP contribution in [0.15, 0.2) is 22.7 Å². The smallest absolute Gasteiger partial charge is 0.260 e. The molecule has 0 saturated carbocycles. The average molecular weight is 316 g/mol. The number of carbonyl (C=O) groups is 1. The van der Waals surface area contributed by atoms with Gasteiger partial charge < -0.3 is 14.7 Å². The van der Waals surface area contributed by atoms with Crippen LogP contribution in [0.5, 0.6) is 5.75 Å². The Hall–Kier alpha value is -1.07. The van der Waals surface area contributed by atoms with E-state index in [9.17, 15) is 9.90 Å². The molecule has 0 aliphatic rings. The second kappa shape index (κ2) is 6.75. The Balaban J connectivity index is 2.66. The first-order valence-corrected chi connectivity index (χ1v) is 6.52. The van der Waals surface area contributed by atoms with E-state index < -0.39 is 0 Å². The first kappa shape index (κ1) is 15.0. The van der Waals surface area contributed by atoms with Crippen molar-refractivity contribution in [2.75, 3.05) is 13.7 Å². The molecule has 0 aliphatic carbocycles. The summed E-state index contributed by atoms with van der Waals surface area (Å²) in [6.07, 6.45) is 0. The van der Waals surface area contributed by atoms with E-state index in [-0.39, 0.29) is 25.2 Å². The van der Waals surface area contributed by atoms with Gasteiger partial charge in [0.15, 0.2) is 6.61 Å². The molecule has 100 valence electrons. The molecule has 0 unspecified atom stereocenters. The number of halogens is 1. The largest absolute Gasteiger partial charge is 0.483 e. The molecule has 0 bridgehead atoms. The zero-order chi connectivity index (χ0) is 13.7. The van der Waals surface area contributed by atoms with E-state index in [0.717, 1.165) is 4.47 Å². The Bertz CT molecular complexity index is 421. The van der Waals surface area contributed by atoms with Crippen molar-refractivity contribution >= 4 is 21.8 Å². The summed E-state index contributed by atoms with van der Waals surface area (Å²) < 4.78 is 6.31. The van der Waals surface area contributed by atoms with Crippen molar-refractivity contribution in [3.8, 4) is 5.75 Å². The van der Waals surface area contributed by atoms with Crippen LogP contribution in [0, 0.1) is 0 Å². The van der Waals surface area contributed by atoms with Crippen molar-refractivity contribution in [2.45, 2.75) is 26.5 Å². The molecule has 0 heterocycles. The van der Waals surface area contributed by atoms with Crippen LogP contribution in [0.1, 0.15) is 19.4 Å². The van der Waals surface area contributed by atoms with Gasteiger partial charge in [0, 0.05) is 23.1 Å². The molecule has 0 saturated heterocycles. The number of hydrogen-bond acceptors (Lipinski definition) is 3. The van der Waals surface area contributed by atoms with Crippen LogP contribution < -0.4 is 4.74 Å². The number of rotatable bonds is 5. The fourth-order valence-electron chi connectivity index (χ4n) is 1.34. The first-order chi connectivity index (χ1) is 8.45. The lowest BCUT2D eigenvalue weighted by Gasteiger charge is -2.21. The van der Waals surface area contributed by atoms with E-state index in [4.69, 9.17) is 4.74 Å². The van der Waals surface area contributed by atoms with Gasteiger partial charge in [-0.05, 0) is 32.0 Å². The van der Waals surface area contributed by atoms with Crippen LogP contribution in [-0.4, -0.2) is 35.6 Å². The van der Waals surface area contributed by atoms with Gasteiger partial charge in [0.1, 0.15) is 5.75 Å². The Morgan fingerprint density at radius 3 is 2.72 bits per heavy atom. The Kier molecular flexibility index (Phi) is 5.62. The van der Waals surface area contributed by atoms with E-state index >= 15 is 0 Å². The van der Waals surface area contributed by atoms with Gasteiger partial charge in [0.25, 0.3) is 5.91 Å². The molecule has 0 spiro atoms. The number of aliphatic hydroxyl groups excluding tert-OH is 1. The van der Waals surface area contributed by atoms with Crippen molar-refractivity contribution in [1.29, 1.82) is 0 Å². The van der Waals surface area contributed by atoms with E-state index in [2.05, 4.69) is 15.9 Å². The maximum Gasteiger partial charge on any atom is 0.260 e. The van der Waals surface area contributed by atoms with Crippen LogP contribution in [0.25, 0.3) is 0 Å². The number of nitrogens with zero attached hydrogens (tertiary/aromatic N) is 1. The SMILES string of the molecule is CC(C)N(C)C(=O)COc1ccc(Br)cc1CO. The maximum absolute atomic E-state index is 11.8. The fourth-order valence-corrected chi connectivity index (χ4v) is 1.75. The summed E-state index contributed by atoms with van der Waals surface area (Å²) in [5.41, 5.74) is 0.657. The minimum absolute atomic E-state index is 0.0245. The number of aliphatic hydroxyl groups is 1. The van der Waals surface area contributed by atoms with Gasteiger partial charge in [-0.2, -0.15) is 0 Å². The van der Waals surface area contributed by atoms with Crippen molar-refractivity contribution < 1.29 is 14.6 Å². The minimum atomic E-state index is -0.122. The highest BCUT2D eigenvalue weighted by molar-refractivity contribution is 9.10. The number of amides is 1. The molecule has 1 rings (SSSR count). The minimum Gasteiger partial charge on any atom is -0.483 e. The molecule has 4 nitrogen and oxygen atoms in total. The summed E-state index contributed by atoms with van der Waals surface area (Å²) in [4.78, 5) is 13.4. The van der Waals surface area contributed by atoms with Gasteiger partial charge in [0.2, 0.25) is 0 Å². The van der Waals surface area contributed by atoms with Gasteiger partial charge >= 0.3 is 0 Å². The van der Waals surface area contributed by atoms with Crippen LogP contribution in [0.4, 0.5) is 0 Å². The molecule has 1 N–H and O–H groups in total. The molecular weight excluding hydrogens is 298 g/mol. The first-order valence-electron chi connectivity index (χ1n) is 5.73. The summed E-state index contributed by atoms with van der Waals surface area (Å²) in [5.74, 6) is 0.447. The third-order valence-electron chi connectivity index (χ3n) is 2.71. The molecule has 0 aromatic heterocycles. The molecular formula is C13H18BrNO3. The molecule has 1 aromatic rings. The summed E-state index contributed by atoms with van der Waals surface area (Å²) in [7, 11) is 1.74. The van der Waals surface area contributed by atoms with Crippen LogP contribution in [-0.2, 0) is 11.4 Å². The second-order valence-corrected chi connectivity index (χ2v) is 5.21. The van der Waals surface area contributed by atoms with Gasteiger partial charge in [-0.15, -0.1) is 0 Å². The van der Waals surface area contributed by atoms with E-state index in [1.165, 1.54) is 0 Å². The van der Waals surface area contributed by atoms with Crippen molar-refractivity contribution in [3.63, 3.8) is 0 Å².